The molecule has 132 valence electrons. The number of benzene rings is 1. The Balaban J connectivity index is 1.91. The molecule has 25 heavy (non-hydrogen) atoms. The average molecular weight is 360 g/mol. The van der Waals surface area contributed by atoms with Crippen molar-refractivity contribution in [3.8, 4) is 5.75 Å². The molecule has 1 heterocycles. The fourth-order valence-corrected chi connectivity index (χ4v) is 4.33. The highest BCUT2D eigenvalue weighted by Crippen LogP contribution is 2.42. The van der Waals surface area contributed by atoms with Gasteiger partial charge in [-0.1, -0.05) is 25.0 Å². The normalized spacial score (nSPS) is 16.4. The highest BCUT2D eigenvalue weighted by Gasteiger charge is 2.44. The van der Waals surface area contributed by atoms with Crippen LogP contribution in [0.5, 0.6) is 5.75 Å². The molecule has 3 rings (SSSR count). The summed E-state index contributed by atoms with van der Waals surface area (Å²) in [6.45, 7) is 0. The maximum absolute atomic E-state index is 13.0. The second-order valence-corrected chi connectivity index (χ2v) is 7.82. The summed E-state index contributed by atoms with van der Waals surface area (Å²) < 4.78 is 32.4. The quantitative estimate of drug-likeness (QED) is 0.885. The van der Waals surface area contributed by atoms with E-state index in [-0.39, 0.29) is 4.90 Å². The van der Waals surface area contributed by atoms with Gasteiger partial charge in [-0.25, -0.2) is 13.1 Å². The van der Waals surface area contributed by atoms with Crippen LogP contribution >= 0.6 is 0 Å². The molecule has 1 aliphatic rings. The van der Waals surface area contributed by atoms with Gasteiger partial charge in [0.1, 0.15) is 10.6 Å². The van der Waals surface area contributed by atoms with Crippen LogP contribution < -0.4 is 9.46 Å². The Labute approximate surface area is 147 Å². The average Bonchev–Trinajstić information content (AvgIpc) is 3.13. The number of hydrogen-bond acceptors (Lipinski definition) is 5. The lowest BCUT2D eigenvalue weighted by Crippen LogP contribution is -2.45. The third kappa shape index (κ3) is 3.37. The largest absolute Gasteiger partial charge is 0.497 e. The van der Waals surface area contributed by atoms with Gasteiger partial charge in [0.2, 0.25) is 5.91 Å². The number of methoxy groups -OCH3 is 1. The monoisotopic (exact) mass is 360 g/mol. The van der Waals surface area contributed by atoms with Crippen molar-refractivity contribution in [2.45, 2.75) is 36.0 Å². The van der Waals surface area contributed by atoms with Crippen molar-refractivity contribution in [3.63, 3.8) is 0 Å². The standard InChI is InChI=1S/C18H20N2O4S/c1-24-15-8-6-14(7-9-15)18(10-2-3-11-18)17(21)20-25(22,23)16-5-4-12-19-13-16/h4-9,12-13H,2-3,10-11H2,1H3,(H,20,21). The number of rotatable bonds is 5. The zero-order chi connectivity index (χ0) is 17.9. The minimum Gasteiger partial charge on any atom is -0.497 e. The van der Waals surface area contributed by atoms with Crippen LogP contribution in [0.15, 0.2) is 53.7 Å². The van der Waals surface area contributed by atoms with Crippen LogP contribution in [0.4, 0.5) is 0 Å². The first-order valence-electron chi connectivity index (χ1n) is 8.10. The summed E-state index contributed by atoms with van der Waals surface area (Å²) in [6.07, 6.45) is 5.71. The minimum absolute atomic E-state index is 0.0220. The third-order valence-corrected chi connectivity index (χ3v) is 6.02. The lowest BCUT2D eigenvalue weighted by Gasteiger charge is -2.28. The van der Waals surface area contributed by atoms with Gasteiger partial charge in [-0.15, -0.1) is 0 Å². The molecule has 0 saturated heterocycles. The molecular weight excluding hydrogens is 340 g/mol. The fraction of sp³-hybridized carbons (Fsp3) is 0.333. The molecule has 2 aromatic rings. The summed E-state index contributed by atoms with van der Waals surface area (Å²) in [5.41, 5.74) is -0.0219. The van der Waals surface area contributed by atoms with Gasteiger partial charge in [0, 0.05) is 12.4 Å². The summed E-state index contributed by atoms with van der Waals surface area (Å²) in [7, 11) is -2.37. The predicted octanol–water partition coefficient (Wildman–Crippen LogP) is 2.41. The van der Waals surface area contributed by atoms with Gasteiger partial charge in [-0.05, 0) is 42.7 Å². The van der Waals surface area contributed by atoms with E-state index in [0.717, 1.165) is 18.4 Å². The SMILES string of the molecule is COc1ccc(C2(C(=O)NS(=O)(=O)c3cccnc3)CCCC2)cc1. The molecule has 0 spiro atoms. The highest BCUT2D eigenvalue weighted by molar-refractivity contribution is 7.90. The maximum Gasteiger partial charge on any atom is 0.265 e. The first-order valence-corrected chi connectivity index (χ1v) is 9.58. The third-order valence-electron chi connectivity index (χ3n) is 4.71. The molecule has 0 bridgehead atoms. The van der Waals surface area contributed by atoms with Gasteiger partial charge in [0.05, 0.1) is 12.5 Å². The van der Waals surface area contributed by atoms with Crippen LogP contribution in [0, 0.1) is 0 Å². The van der Waals surface area contributed by atoms with Crippen molar-refractivity contribution in [3.05, 3.63) is 54.4 Å². The number of nitrogens with one attached hydrogen (secondary N) is 1. The van der Waals surface area contributed by atoms with Gasteiger partial charge in [0.25, 0.3) is 10.0 Å². The van der Waals surface area contributed by atoms with Gasteiger partial charge >= 0.3 is 0 Å². The highest BCUT2D eigenvalue weighted by atomic mass is 32.2. The number of carbonyl (C=O) groups is 1. The maximum atomic E-state index is 13.0. The smallest absolute Gasteiger partial charge is 0.265 e. The Kier molecular flexibility index (Phi) is 4.76. The Hall–Kier alpha value is -2.41. The van der Waals surface area contributed by atoms with E-state index in [1.807, 2.05) is 12.1 Å². The summed E-state index contributed by atoms with van der Waals surface area (Å²) in [5.74, 6) is 0.208. The summed E-state index contributed by atoms with van der Waals surface area (Å²) in [4.78, 5) is 16.8. The number of carbonyl (C=O) groups excluding carboxylic acids is 1. The van der Waals surface area contributed by atoms with E-state index >= 15 is 0 Å². The number of pyridine rings is 1. The van der Waals surface area contributed by atoms with E-state index in [1.54, 1.807) is 19.2 Å². The molecule has 1 aromatic heterocycles. The van der Waals surface area contributed by atoms with E-state index in [2.05, 4.69) is 9.71 Å². The molecule has 1 aromatic carbocycles. The molecule has 1 saturated carbocycles. The Morgan fingerprint density at radius 1 is 1.16 bits per heavy atom. The summed E-state index contributed by atoms with van der Waals surface area (Å²) >= 11 is 0. The second kappa shape index (κ2) is 6.84. The first kappa shape index (κ1) is 17.4. The number of ether oxygens (including phenoxy) is 1. The van der Waals surface area contributed by atoms with Gasteiger partial charge in [-0.2, -0.15) is 0 Å². The molecule has 1 N–H and O–H groups in total. The second-order valence-electron chi connectivity index (χ2n) is 6.14. The van der Waals surface area contributed by atoms with Crippen LogP contribution in [-0.4, -0.2) is 26.4 Å². The number of amides is 1. The van der Waals surface area contributed by atoms with Crippen molar-refractivity contribution in [2.75, 3.05) is 7.11 Å². The zero-order valence-electron chi connectivity index (χ0n) is 13.9. The fourth-order valence-electron chi connectivity index (χ4n) is 3.32. The van der Waals surface area contributed by atoms with Crippen LogP contribution in [0.2, 0.25) is 0 Å². The van der Waals surface area contributed by atoms with E-state index in [0.29, 0.717) is 18.6 Å². The van der Waals surface area contributed by atoms with E-state index in [9.17, 15) is 13.2 Å². The van der Waals surface area contributed by atoms with Crippen LogP contribution in [-0.2, 0) is 20.2 Å². The van der Waals surface area contributed by atoms with E-state index < -0.39 is 21.3 Å². The number of aromatic nitrogens is 1. The van der Waals surface area contributed by atoms with E-state index in [4.69, 9.17) is 4.74 Å². The number of sulfonamides is 1. The molecule has 1 fully saturated rings. The van der Waals surface area contributed by atoms with Crippen molar-refractivity contribution < 1.29 is 17.9 Å². The molecule has 0 aliphatic heterocycles. The van der Waals surface area contributed by atoms with Crippen LogP contribution in [0.25, 0.3) is 0 Å². The molecule has 1 aliphatic carbocycles. The van der Waals surface area contributed by atoms with E-state index in [1.165, 1.54) is 24.5 Å². The Morgan fingerprint density at radius 2 is 1.84 bits per heavy atom. The lowest BCUT2D eigenvalue weighted by atomic mass is 9.78. The summed E-state index contributed by atoms with van der Waals surface area (Å²) in [5, 5.41) is 0. The van der Waals surface area contributed by atoms with Crippen molar-refractivity contribution in [1.29, 1.82) is 0 Å². The minimum atomic E-state index is -3.94. The van der Waals surface area contributed by atoms with Crippen LogP contribution in [0.1, 0.15) is 31.2 Å². The zero-order valence-corrected chi connectivity index (χ0v) is 14.8. The van der Waals surface area contributed by atoms with Gasteiger partial charge in [-0.3, -0.25) is 9.78 Å². The Bertz CT molecular complexity index is 842. The first-order chi connectivity index (χ1) is 12.0. The van der Waals surface area contributed by atoms with Crippen molar-refractivity contribution in [2.24, 2.45) is 0 Å². The number of nitrogens with zero attached hydrogens (tertiary/aromatic N) is 1. The van der Waals surface area contributed by atoms with Crippen LogP contribution in [0.3, 0.4) is 0 Å². The topological polar surface area (TPSA) is 85.4 Å². The lowest BCUT2D eigenvalue weighted by molar-refractivity contribution is -0.124. The molecule has 1 amide bonds. The van der Waals surface area contributed by atoms with Gasteiger partial charge < -0.3 is 4.74 Å². The predicted molar refractivity (Wildman–Crippen MR) is 92.7 cm³/mol. The molecule has 0 atom stereocenters. The summed E-state index contributed by atoms with van der Waals surface area (Å²) in [6, 6.07) is 10.2. The Morgan fingerprint density at radius 3 is 2.40 bits per heavy atom. The molecule has 0 unspecified atom stereocenters. The van der Waals surface area contributed by atoms with Crippen molar-refractivity contribution in [1.82, 2.24) is 9.71 Å². The van der Waals surface area contributed by atoms with Crippen molar-refractivity contribution >= 4 is 15.9 Å². The molecular formula is C18H20N2O4S. The molecule has 6 nitrogen and oxygen atoms in total. The molecule has 7 heteroatoms. The molecule has 0 radical (unpaired) electrons. The number of hydrogen-bond donors (Lipinski definition) is 1. The van der Waals surface area contributed by atoms with Gasteiger partial charge in [0.15, 0.2) is 0 Å².